The van der Waals surface area contributed by atoms with Crippen LogP contribution in [0.2, 0.25) is 0 Å². The topological polar surface area (TPSA) is 54.8 Å². The van der Waals surface area contributed by atoms with Gasteiger partial charge in [0, 0.05) is 37.4 Å². The van der Waals surface area contributed by atoms with Crippen LogP contribution in [0.3, 0.4) is 0 Å². The molecular formula is C17H23N3O3. The molecule has 6 nitrogen and oxygen atoms in total. The zero-order chi connectivity index (χ0) is 16.4. The first-order valence-electron chi connectivity index (χ1n) is 8.27. The second-order valence-corrected chi connectivity index (χ2v) is 7.69. The molecule has 0 saturated carbocycles. The number of likely N-dealkylation sites (tertiary alicyclic amines) is 1. The Morgan fingerprint density at radius 3 is 2.83 bits per heavy atom. The molecule has 0 bridgehead atoms. The van der Waals surface area contributed by atoms with Crippen molar-refractivity contribution in [2.45, 2.75) is 50.9 Å². The van der Waals surface area contributed by atoms with Crippen LogP contribution >= 0.6 is 0 Å². The largest absolute Gasteiger partial charge is 0.351 e. The molecule has 0 aliphatic carbocycles. The highest BCUT2D eigenvalue weighted by molar-refractivity contribution is 5.95. The van der Waals surface area contributed by atoms with Gasteiger partial charge in [-0.15, -0.1) is 0 Å². The number of ether oxygens (including phenoxy) is 1. The standard InChI is InChI=1S/C17H23N3O3/c1-16(2,3)18-6-4-12(11-18)15(22)19-7-5-17-13(19)10-14(21)20(17)8-9-23-17/h4,6,11,13H,5,7-10H2,1-3H3/t13-,17+/m1/s1. The van der Waals surface area contributed by atoms with E-state index in [1.807, 2.05) is 32.8 Å². The maximum Gasteiger partial charge on any atom is 0.255 e. The third kappa shape index (κ3) is 1.97. The van der Waals surface area contributed by atoms with Crippen LogP contribution < -0.4 is 0 Å². The van der Waals surface area contributed by atoms with E-state index in [0.717, 1.165) is 6.42 Å². The Bertz CT molecular complexity index is 675. The lowest BCUT2D eigenvalue weighted by molar-refractivity contribution is -0.136. The van der Waals surface area contributed by atoms with Crippen molar-refractivity contribution >= 4 is 11.8 Å². The molecule has 23 heavy (non-hydrogen) atoms. The summed E-state index contributed by atoms with van der Waals surface area (Å²) in [6.07, 6.45) is 4.94. The van der Waals surface area contributed by atoms with Crippen molar-refractivity contribution in [3.63, 3.8) is 0 Å². The molecule has 3 aliphatic rings. The highest BCUT2D eigenvalue weighted by Crippen LogP contribution is 2.45. The molecule has 3 saturated heterocycles. The van der Waals surface area contributed by atoms with Gasteiger partial charge in [-0.2, -0.15) is 0 Å². The van der Waals surface area contributed by atoms with Crippen LogP contribution in [-0.2, 0) is 15.1 Å². The van der Waals surface area contributed by atoms with Crippen LogP contribution in [0.25, 0.3) is 0 Å². The normalized spacial score (nSPS) is 30.0. The number of carbonyl (C=O) groups excluding carboxylic acids is 2. The lowest BCUT2D eigenvalue weighted by atomic mass is 10.1. The van der Waals surface area contributed by atoms with Crippen LogP contribution in [0.1, 0.15) is 44.0 Å². The first-order chi connectivity index (χ1) is 10.8. The molecule has 1 aromatic heterocycles. The molecule has 3 fully saturated rings. The van der Waals surface area contributed by atoms with Gasteiger partial charge in [0.2, 0.25) is 5.91 Å². The monoisotopic (exact) mass is 317 g/mol. The summed E-state index contributed by atoms with van der Waals surface area (Å²) >= 11 is 0. The Morgan fingerprint density at radius 1 is 1.35 bits per heavy atom. The predicted molar refractivity (Wildman–Crippen MR) is 83.9 cm³/mol. The predicted octanol–water partition coefficient (Wildman–Crippen LogP) is 1.42. The maximum atomic E-state index is 12.9. The Morgan fingerprint density at radius 2 is 2.13 bits per heavy atom. The Hall–Kier alpha value is -1.82. The van der Waals surface area contributed by atoms with Crippen molar-refractivity contribution in [2.75, 3.05) is 19.7 Å². The van der Waals surface area contributed by atoms with E-state index in [9.17, 15) is 9.59 Å². The Kier molecular flexibility index (Phi) is 2.95. The minimum absolute atomic E-state index is 0.0000231. The van der Waals surface area contributed by atoms with E-state index in [2.05, 4.69) is 20.8 Å². The van der Waals surface area contributed by atoms with E-state index < -0.39 is 5.72 Å². The summed E-state index contributed by atoms with van der Waals surface area (Å²) in [5, 5.41) is 0. The van der Waals surface area contributed by atoms with Gasteiger partial charge in [0.15, 0.2) is 5.72 Å². The van der Waals surface area contributed by atoms with Gasteiger partial charge in [0.05, 0.1) is 24.6 Å². The third-order valence-electron chi connectivity index (χ3n) is 5.38. The number of aromatic nitrogens is 1. The fourth-order valence-corrected chi connectivity index (χ4v) is 4.14. The fraction of sp³-hybridized carbons (Fsp3) is 0.647. The average molecular weight is 317 g/mol. The van der Waals surface area contributed by atoms with Crippen molar-refractivity contribution < 1.29 is 14.3 Å². The Balaban J connectivity index is 1.61. The molecule has 3 aliphatic heterocycles. The van der Waals surface area contributed by atoms with Crippen molar-refractivity contribution in [1.29, 1.82) is 0 Å². The van der Waals surface area contributed by atoms with Crippen molar-refractivity contribution in [3.8, 4) is 0 Å². The molecule has 1 spiro atoms. The number of carbonyl (C=O) groups is 2. The number of nitrogens with zero attached hydrogens (tertiary/aromatic N) is 3. The third-order valence-corrected chi connectivity index (χ3v) is 5.38. The van der Waals surface area contributed by atoms with E-state index in [0.29, 0.717) is 31.7 Å². The first kappa shape index (κ1) is 14.8. The summed E-state index contributed by atoms with van der Waals surface area (Å²) < 4.78 is 7.99. The summed E-state index contributed by atoms with van der Waals surface area (Å²) in [7, 11) is 0. The molecule has 124 valence electrons. The summed E-state index contributed by atoms with van der Waals surface area (Å²) in [5.41, 5.74) is 0.0690. The molecule has 2 amide bonds. The molecular weight excluding hydrogens is 294 g/mol. The van der Waals surface area contributed by atoms with E-state index in [-0.39, 0.29) is 23.4 Å². The average Bonchev–Trinajstić information content (AvgIpc) is 3.19. The van der Waals surface area contributed by atoms with Crippen LogP contribution in [-0.4, -0.2) is 57.6 Å². The number of amides is 2. The van der Waals surface area contributed by atoms with Crippen LogP contribution in [0.15, 0.2) is 18.5 Å². The number of hydrogen-bond donors (Lipinski definition) is 0. The van der Waals surface area contributed by atoms with Gasteiger partial charge in [-0.05, 0) is 26.8 Å². The second kappa shape index (κ2) is 4.60. The molecule has 0 aromatic carbocycles. The highest BCUT2D eigenvalue weighted by atomic mass is 16.5. The quantitative estimate of drug-likeness (QED) is 0.787. The molecule has 1 aromatic rings. The molecule has 2 atom stereocenters. The van der Waals surface area contributed by atoms with Gasteiger partial charge in [-0.3, -0.25) is 9.59 Å². The molecule has 0 N–H and O–H groups in total. The van der Waals surface area contributed by atoms with E-state index in [1.54, 1.807) is 0 Å². The number of hydrogen-bond acceptors (Lipinski definition) is 3. The van der Waals surface area contributed by atoms with Crippen LogP contribution in [0.5, 0.6) is 0 Å². The molecule has 6 heteroatoms. The van der Waals surface area contributed by atoms with Gasteiger partial charge in [-0.25, -0.2) is 0 Å². The maximum absolute atomic E-state index is 12.9. The minimum Gasteiger partial charge on any atom is -0.351 e. The van der Waals surface area contributed by atoms with Crippen LogP contribution in [0, 0.1) is 0 Å². The van der Waals surface area contributed by atoms with E-state index >= 15 is 0 Å². The van der Waals surface area contributed by atoms with Gasteiger partial charge in [0.1, 0.15) is 0 Å². The smallest absolute Gasteiger partial charge is 0.255 e. The van der Waals surface area contributed by atoms with Gasteiger partial charge in [0.25, 0.3) is 5.91 Å². The molecule has 0 radical (unpaired) electrons. The lowest BCUT2D eigenvalue weighted by Crippen LogP contribution is -2.48. The van der Waals surface area contributed by atoms with Gasteiger partial charge < -0.3 is 19.1 Å². The minimum atomic E-state index is -0.556. The Labute approximate surface area is 136 Å². The summed E-state index contributed by atoms with van der Waals surface area (Å²) in [5.74, 6) is 0.109. The van der Waals surface area contributed by atoms with Crippen molar-refractivity contribution in [3.05, 3.63) is 24.0 Å². The van der Waals surface area contributed by atoms with Gasteiger partial charge in [-0.1, -0.05) is 0 Å². The van der Waals surface area contributed by atoms with Crippen molar-refractivity contribution in [1.82, 2.24) is 14.4 Å². The van der Waals surface area contributed by atoms with Gasteiger partial charge >= 0.3 is 0 Å². The fourth-order valence-electron chi connectivity index (χ4n) is 4.14. The second-order valence-electron chi connectivity index (χ2n) is 7.69. The molecule has 4 rings (SSSR count). The molecule has 4 heterocycles. The summed E-state index contributed by atoms with van der Waals surface area (Å²) in [4.78, 5) is 28.8. The summed E-state index contributed by atoms with van der Waals surface area (Å²) in [6.45, 7) is 8.18. The lowest BCUT2D eigenvalue weighted by Gasteiger charge is -2.31. The number of rotatable bonds is 1. The summed E-state index contributed by atoms with van der Waals surface area (Å²) in [6, 6.07) is 1.71. The SMILES string of the molecule is CC(C)(C)n1ccc(C(=O)N2CC[C@@]34OCCN3C(=O)C[C@@H]24)c1. The molecule has 0 unspecified atom stereocenters. The highest BCUT2D eigenvalue weighted by Gasteiger charge is 2.62. The van der Waals surface area contributed by atoms with E-state index in [1.165, 1.54) is 0 Å². The zero-order valence-corrected chi connectivity index (χ0v) is 13.9. The zero-order valence-electron chi connectivity index (χ0n) is 13.9. The van der Waals surface area contributed by atoms with Crippen LogP contribution in [0.4, 0.5) is 0 Å². The van der Waals surface area contributed by atoms with Crippen molar-refractivity contribution in [2.24, 2.45) is 0 Å². The first-order valence-corrected chi connectivity index (χ1v) is 8.27. The van der Waals surface area contributed by atoms with E-state index in [4.69, 9.17) is 4.74 Å².